The van der Waals surface area contributed by atoms with Gasteiger partial charge in [0.2, 0.25) is 18.5 Å². The summed E-state index contributed by atoms with van der Waals surface area (Å²) in [6.45, 7) is 4.23. The molecule has 8 nitrogen and oxygen atoms in total. The lowest BCUT2D eigenvalue weighted by Crippen LogP contribution is -2.33. The number of carbonyl (C=O) groups is 1. The normalized spacial score (nSPS) is 12.6. The topological polar surface area (TPSA) is 91.4 Å². The van der Waals surface area contributed by atoms with Crippen LogP contribution in [-0.4, -0.2) is 33.4 Å². The van der Waals surface area contributed by atoms with Gasteiger partial charge in [-0.25, -0.2) is 0 Å². The fourth-order valence-corrected chi connectivity index (χ4v) is 2.75. The number of aromatic nitrogens is 3. The van der Waals surface area contributed by atoms with Crippen LogP contribution >= 0.6 is 0 Å². The molecule has 1 N–H and O–H groups in total. The molecule has 1 aliphatic heterocycles. The third kappa shape index (κ3) is 3.13. The summed E-state index contributed by atoms with van der Waals surface area (Å²) in [5, 5.41) is 6.90. The summed E-state index contributed by atoms with van der Waals surface area (Å²) in [5.74, 6) is 2.07. The van der Waals surface area contributed by atoms with Gasteiger partial charge in [0.1, 0.15) is 12.2 Å². The monoisotopic (exact) mass is 354 g/mol. The van der Waals surface area contributed by atoms with Crippen molar-refractivity contribution in [2.45, 2.75) is 26.4 Å². The minimum Gasteiger partial charge on any atom is -0.454 e. The highest BCUT2D eigenvalue weighted by molar-refractivity contribution is 5.76. The number of nitrogens with one attached hydrogen (secondary N) is 1. The number of benzene rings is 1. The molecule has 0 aliphatic carbocycles. The molecule has 0 saturated heterocycles. The standard InChI is InChI=1S/C18H18N4O4/c1-11(2)19-16(23)9-22-7-3-4-13(22)18-20-17(21-26-18)12-5-6-14-15(8-12)25-10-24-14/h3-8,11H,9-10H2,1-2H3,(H,19,23). The molecule has 0 fully saturated rings. The predicted molar refractivity (Wildman–Crippen MR) is 92.6 cm³/mol. The summed E-state index contributed by atoms with van der Waals surface area (Å²) in [6.07, 6.45) is 1.81. The third-order valence-corrected chi connectivity index (χ3v) is 3.87. The van der Waals surface area contributed by atoms with Gasteiger partial charge in [-0.15, -0.1) is 0 Å². The summed E-state index contributed by atoms with van der Waals surface area (Å²) in [7, 11) is 0. The highest BCUT2D eigenvalue weighted by Gasteiger charge is 2.18. The zero-order valence-corrected chi connectivity index (χ0v) is 14.4. The highest BCUT2D eigenvalue weighted by atomic mass is 16.7. The Balaban J connectivity index is 1.57. The number of ether oxygens (including phenoxy) is 2. The van der Waals surface area contributed by atoms with Gasteiger partial charge in [0, 0.05) is 17.8 Å². The number of rotatable bonds is 5. The third-order valence-electron chi connectivity index (χ3n) is 3.87. The fourth-order valence-electron chi connectivity index (χ4n) is 2.75. The van der Waals surface area contributed by atoms with E-state index in [1.807, 2.05) is 44.2 Å². The average molecular weight is 354 g/mol. The van der Waals surface area contributed by atoms with Crippen LogP contribution in [0.25, 0.3) is 23.0 Å². The summed E-state index contributed by atoms with van der Waals surface area (Å²) in [6, 6.07) is 9.22. The zero-order valence-electron chi connectivity index (χ0n) is 14.4. The molecule has 0 saturated carbocycles. The number of hydrogen-bond donors (Lipinski definition) is 1. The van der Waals surface area contributed by atoms with Crippen LogP contribution in [-0.2, 0) is 11.3 Å². The molecule has 0 radical (unpaired) electrons. The lowest BCUT2D eigenvalue weighted by molar-refractivity contribution is -0.122. The first-order chi connectivity index (χ1) is 12.6. The Bertz CT molecular complexity index is 944. The van der Waals surface area contributed by atoms with Crippen LogP contribution in [0.3, 0.4) is 0 Å². The van der Waals surface area contributed by atoms with Crippen LogP contribution in [0.2, 0.25) is 0 Å². The smallest absolute Gasteiger partial charge is 0.274 e. The number of amides is 1. The SMILES string of the molecule is CC(C)NC(=O)Cn1cccc1-c1nc(-c2ccc3c(c2)OCO3)no1. The maximum Gasteiger partial charge on any atom is 0.274 e. The average Bonchev–Trinajstić information content (AvgIpc) is 3.33. The zero-order chi connectivity index (χ0) is 18.1. The van der Waals surface area contributed by atoms with E-state index in [-0.39, 0.29) is 25.3 Å². The molecule has 0 bridgehead atoms. The van der Waals surface area contributed by atoms with E-state index in [9.17, 15) is 4.79 Å². The van der Waals surface area contributed by atoms with E-state index in [2.05, 4.69) is 15.5 Å². The van der Waals surface area contributed by atoms with Crippen molar-refractivity contribution in [1.82, 2.24) is 20.0 Å². The number of fused-ring (bicyclic) bond motifs is 1. The number of hydrogen-bond acceptors (Lipinski definition) is 6. The quantitative estimate of drug-likeness (QED) is 0.757. The van der Waals surface area contributed by atoms with E-state index in [0.717, 1.165) is 5.56 Å². The van der Waals surface area contributed by atoms with Crippen LogP contribution in [0.5, 0.6) is 11.5 Å². The fraction of sp³-hybridized carbons (Fsp3) is 0.278. The molecule has 8 heteroatoms. The number of nitrogens with zero attached hydrogens (tertiary/aromatic N) is 3. The van der Waals surface area contributed by atoms with E-state index in [0.29, 0.717) is 28.9 Å². The number of carbonyl (C=O) groups excluding carboxylic acids is 1. The largest absolute Gasteiger partial charge is 0.454 e. The van der Waals surface area contributed by atoms with Gasteiger partial charge in [-0.3, -0.25) is 4.79 Å². The first-order valence-electron chi connectivity index (χ1n) is 8.29. The summed E-state index contributed by atoms with van der Waals surface area (Å²) in [5.41, 5.74) is 1.45. The van der Waals surface area contributed by atoms with Crippen LogP contribution in [0.1, 0.15) is 13.8 Å². The Labute approximate surface area is 149 Å². The van der Waals surface area contributed by atoms with Gasteiger partial charge in [-0.05, 0) is 44.2 Å². The summed E-state index contributed by atoms with van der Waals surface area (Å²) >= 11 is 0. The van der Waals surface area contributed by atoms with Crippen molar-refractivity contribution in [3.8, 4) is 34.5 Å². The van der Waals surface area contributed by atoms with Crippen molar-refractivity contribution >= 4 is 5.91 Å². The molecule has 0 atom stereocenters. The van der Waals surface area contributed by atoms with Crippen LogP contribution < -0.4 is 14.8 Å². The lowest BCUT2D eigenvalue weighted by atomic mass is 10.2. The second-order valence-corrected chi connectivity index (χ2v) is 6.23. The molecular formula is C18H18N4O4. The van der Waals surface area contributed by atoms with Gasteiger partial charge in [0.05, 0.1) is 0 Å². The summed E-state index contributed by atoms with van der Waals surface area (Å²) < 4.78 is 17.9. The van der Waals surface area contributed by atoms with Gasteiger partial charge in [0.15, 0.2) is 11.5 Å². The molecular weight excluding hydrogens is 336 g/mol. The molecule has 0 unspecified atom stereocenters. The van der Waals surface area contributed by atoms with Crippen molar-refractivity contribution in [1.29, 1.82) is 0 Å². The van der Waals surface area contributed by atoms with Gasteiger partial charge in [-0.2, -0.15) is 4.98 Å². The first kappa shape index (κ1) is 16.2. The van der Waals surface area contributed by atoms with Crippen LogP contribution in [0.4, 0.5) is 0 Å². The molecule has 1 aliphatic rings. The molecule has 4 rings (SSSR count). The van der Waals surface area contributed by atoms with Gasteiger partial charge in [0.25, 0.3) is 5.89 Å². The van der Waals surface area contributed by atoms with Crippen molar-refractivity contribution in [3.63, 3.8) is 0 Å². The highest BCUT2D eigenvalue weighted by Crippen LogP contribution is 2.35. The van der Waals surface area contributed by atoms with E-state index in [1.165, 1.54) is 0 Å². The molecule has 0 spiro atoms. The van der Waals surface area contributed by atoms with Crippen LogP contribution in [0, 0.1) is 0 Å². The van der Waals surface area contributed by atoms with Gasteiger partial charge < -0.3 is 23.9 Å². The second-order valence-electron chi connectivity index (χ2n) is 6.23. The van der Waals surface area contributed by atoms with Crippen molar-refractivity contribution < 1.29 is 18.8 Å². The maximum absolute atomic E-state index is 12.0. The predicted octanol–water partition coefficient (Wildman–Crippen LogP) is 2.46. The molecule has 134 valence electrons. The maximum atomic E-state index is 12.0. The Morgan fingerprint density at radius 3 is 2.96 bits per heavy atom. The molecule has 26 heavy (non-hydrogen) atoms. The van der Waals surface area contributed by atoms with E-state index in [4.69, 9.17) is 14.0 Å². The van der Waals surface area contributed by atoms with E-state index < -0.39 is 0 Å². The molecule has 3 heterocycles. The van der Waals surface area contributed by atoms with Crippen molar-refractivity contribution in [2.75, 3.05) is 6.79 Å². The second kappa shape index (κ2) is 6.55. The minimum atomic E-state index is -0.0760. The molecule has 3 aromatic rings. The van der Waals surface area contributed by atoms with Gasteiger partial charge >= 0.3 is 0 Å². The Kier molecular flexibility index (Phi) is 4.08. The van der Waals surface area contributed by atoms with Crippen molar-refractivity contribution in [2.24, 2.45) is 0 Å². The molecule has 1 amide bonds. The Hall–Kier alpha value is -3.29. The minimum absolute atomic E-state index is 0.0760. The van der Waals surface area contributed by atoms with E-state index in [1.54, 1.807) is 10.8 Å². The Morgan fingerprint density at radius 2 is 2.12 bits per heavy atom. The van der Waals surface area contributed by atoms with Crippen molar-refractivity contribution in [3.05, 3.63) is 36.5 Å². The van der Waals surface area contributed by atoms with Crippen LogP contribution in [0.15, 0.2) is 41.1 Å². The summed E-state index contributed by atoms with van der Waals surface area (Å²) in [4.78, 5) is 16.5. The van der Waals surface area contributed by atoms with E-state index >= 15 is 0 Å². The molecule has 2 aromatic heterocycles. The lowest BCUT2D eigenvalue weighted by Gasteiger charge is -2.10. The Morgan fingerprint density at radius 1 is 1.27 bits per heavy atom. The van der Waals surface area contributed by atoms with Gasteiger partial charge in [-0.1, -0.05) is 5.16 Å². The molecule has 1 aromatic carbocycles. The first-order valence-corrected chi connectivity index (χ1v) is 8.29.